The molecule has 2 aliphatic heterocycles. The number of nitrogens with one attached hydrogen (secondary N) is 2. The van der Waals surface area contributed by atoms with E-state index in [1.54, 1.807) is 0 Å². The summed E-state index contributed by atoms with van der Waals surface area (Å²) in [6.07, 6.45) is 4.94. The molecule has 186 valence electrons. The van der Waals surface area contributed by atoms with E-state index in [-0.39, 0.29) is 0 Å². The summed E-state index contributed by atoms with van der Waals surface area (Å²) in [5.41, 5.74) is 9.48. The molecule has 6 heteroatoms. The zero-order valence-electron chi connectivity index (χ0n) is 21.5. The zero-order chi connectivity index (χ0) is 24.5. The number of aromatic nitrogens is 2. The third-order valence-electron chi connectivity index (χ3n) is 7.73. The molecule has 1 aliphatic carbocycles. The lowest BCUT2D eigenvalue weighted by Gasteiger charge is -2.32. The van der Waals surface area contributed by atoms with Crippen LogP contribution in [0.3, 0.4) is 0 Å². The average molecular weight is 481 g/mol. The molecule has 0 radical (unpaired) electrons. The highest BCUT2D eigenvalue weighted by atomic mass is 15.2. The monoisotopic (exact) mass is 480 g/mol. The summed E-state index contributed by atoms with van der Waals surface area (Å²) >= 11 is 0. The standard InChI is InChI=1S/C30H36N6/c1-22(25-9-10-25)31-29-19-26-27(32-33-28(26)20-30(29)36-12-3-4-13-36)11-8-23-6-5-7-24(18-23)21-35-16-14-34(2)15-17-35/h5-7,18-20,31H,3-4,9-10,12-17,21H2,1-2H3,(H,32,33). The van der Waals surface area contributed by atoms with Gasteiger partial charge in [0, 0.05) is 62.5 Å². The maximum absolute atomic E-state index is 4.63. The quantitative estimate of drug-likeness (QED) is 0.514. The fourth-order valence-electron chi connectivity index (χ4n) is 5.34. The second-order valence-electron chi connectivity index (χ2n) is 10.6. The molecule has 2 aromatic carbocycles. The smallest absolute Gasteiger partial charge is 0.116 e. The van der Waals surface area contributed by atoms with E-state index in [4.69, 9.17) is 0 Å². The molecule has 3 heterocycles. The van der Waals surface area contributed by atoms with Crippen molar-refractivity contribution in [2.24, 2.45) is 0 Å². The summed E-state index contributed by atoms with van der Waals surface area (Å²) in [5, 5.41) is 12.6. The van der Waals surface area contributed by atoms with E-state index < -0.39 is 0 Å². The fourth-order valence-corrected chi connectivity index (χ4v) is 5.34. The molecule has 0 amide bonds. The van der Waals surface area contributed by atoms with Crippen LogP contribution in [0.4, 0.5) is 11.4 Å². The molecule has 1 aromatic heterocycles. The van der Waals surface area contributed by atoms with E-state index in [2.05, 4.69) is 92.4 Å². The predicted octanol–water partition coefficient (Wildman–Crippen LogP) is 4.79. The Labute approximate surface area is 214 Å². The third kappa shape index (κ3) is 5.13. The molecule has 3 aliphatic rings. The lowest BCUT2D eigenvalue weighted by molar-refractivity contribution is 0.148. The molecule has 0 bridgehead atoms. The molecule has 0 spiro atoms. The number of benzene rings is 2. The van der Waals surface area contributed by atoms with Gasteiger partial charge < -0.3 is 15.1 Å². The second-order valence-corrected chi connectivity index (χ2v) is 10.6. The van der Waals surface area contributed by atoms with Gasteiger partial charge in [-0.3, -0.25) is 10.00 Å². The van der Waals surface area contributed by atoms with Gasteiger partial charge in [-0.25, -0.2) is 0 Å². The number of allylic oxidation sites excluding steroid dienone is 2. The van der Waals surface area contributed by atoms with E-state index in [1.807, 2.05) is 0 Å². The molecule has 0 atom stereocenters. The number of hydrogen-bond acceptors (Lipinski definition) is 5. The normalized spacial score (nSPS) is 18.4. The molecular formula is C30H36N6. The topological polar surface area (TPSA) is 50.4 Å². The highest BCUT2D eigenvalue weighted by Crippen LogP contribution is 2.37. The van der Waals surface area contributed by atoms with Gasteiger partial charge in [-0.1, -0.05) is 23.6 Å². The van der Waals surface area contributed by atoms with Crippen molar-refractivity contribution in [1.29, 1.82) is 0 Å². The summed E-state index contributed by atoms with van der Waals surface area (Å²) in [6, 6.07) is 13.1. The first kappa shape index (κ1) is 23.1. The predicted molar refractivity (Wildman–Crippen MR) is 148 cm³/mol. The number of likely N-dealkylation sites (N-methyl/N-ethyl adjacent to an activating group) is 1. The van der Waals surface area contributed by atoms with Crippen molar-refractivity contribution in [3.63, 3.8) is 0 Å². The minimum atomic E-state index is 0.877. The highest BCUT2D eigenvalue weighted by Gasteiger charge is 2.21. The molecule has 0 unspecified atom stereocenters. The van der Waals surface area contributed by atoms with Gasteiger partial charge in [0.1, 0.15) is 5.69 Å². The van der Waals surface area contributed by atoms with Crippen LogP contribution in [-0.2, 0) is 6.54 Å². The largest absolute Gasteiger partial charge is 0.370 e. The van der Waals surface area contributed by atoms with Crippen LogP contribution >= 0.6 is 0 Å². The van der Waals surface area contributed by atoms with E-state index in [0.29, 0.717) is 0 Å². The second kappa shape index (κ2) is 10.0. The number of H-pyrrole nitrogens is 1. The van der Waals surface area contributed by atoms with E-state index in [0.717, 1.165) is 68.0 Å². The van der Waals surface area contributed by atoms with Crippen molar-refractivity contribution in [3.05, 3.63) is 64.5 Å². The van der Waals surface area contributed by atoms with E-state index >= 15 is 0 Å². The van der Waals surface area contributed by atoms with E-state index in [1.165, 1.54) is 53.9 Å². The third-order valence-corrected chi connectivity index (χ3v) is 7.73. The van der Waals surface area contributed by atoms with Gasteiger partial charge in [-0.05, 0) is 75.4 Å². The number of nitrogens with zero attached hydrogens (tertiary/aromatic N) is 4. The first-order chi connectivity index (χ1) is 17.6. The van der Waals surface area contributed by atoms with Gasteiger partial charge in [0.15, 0.2) is 0 Å². The first-order valence-electron chi connectivity index (χ1n) is 13.4. The Morgan fingerprint density at radius 2 is 1.81 bits per heavy atom. The van der Waals surface area contributed by atoms with Gasteiger partial charge in [0.2, 0.25) is 0 Å². The van der Waals surface area contributed by atoms with Crippen LogP contribution in [0.25, 0.3) is 10.9 Å². The van der Waals surface area contributed by atoms with Gasteiger partial charge in [0.25, 0.3) is 0 Å². The number of hydrogen-bond donors (Lipinski definition) is 2. The van der Waals surface area contributed by atoms with Crippen molar-refractivity contribution < 1.29 is 0 Å². The Balaban J connectivity index is 1.27. The average Bonchev–Trinajstić information content (AvgIpc) is 3.46. The molecule has 6 rings (SSSR count). The molecule has 2 N–H and O–H groups in total. The van der Waals surface area contributed by atoms with Crippen LogP contribution in [-0.4, -0.2) is 66.3 Å². The molecular weight excluding hydrogens is 444 g/mol. The van der Waals surface area contributed by atoms with Gasteiger partial charge in [0.05, 0.1) is 16.9 Å². The number of fused-ring (bicyclic) bond motifs is 1. The Kier molecular flexibility index (Phi) is 6.43. The van der Waals surface area contributed by atoms with Crippen molar-refractivity contribution in [2.75, 3.05) is 56.5 Å². The zero-order valence-corrected chi connectivity index (χ0v) is 21.5. The van der Waals surface area contributed by atoms with Crippen molar-refractivity contribution in [2.45, 2.75) is 39.2 Å². The maximum Gasteiger partial charge on any atom is 0.116 e. The number of aromatic amines is 1. The maximum atomic E-state index is 4.63. The van der Waals surface area contributed by atoms with Crippen LogP contribution in [0.5, 0.6) is 0 Å². The lowest BCUT2D eigenvalue weighted by Crippen LogP contribution is -2.43. The van der Waals surface area contributed by atoms with Crippen molar-refractivity contribution in [3.8, 4) is 11.8 Å². The Bertz CT molecular complexity index is 1340. The Hall–Kier alpha value is -3.27. The molecule has 1 saturated carbocycles. The SMILES string of the molecule is CC(Nc1cc2c(C#Cc3cccc(CN4CCN(C)CC4)c3)[nH]nc2cc1N1CCCC1)=C1CC1. The molecule has 6 nitrogen and oxygen atoms in total. The summed E-state index contributed by atoms with van der Waals surface area (Å²) in [6.45, 7) is 9.93. The van der Waals surface area contributed by atoms with Crippen LogP contribution in [0.15, 0.2) is 47.7 Å². The molecule has 2 saturated heterocycles. The Morgan fingerprint density at radius 1 is 1.00 bits per heavy atom. The summed E-state index contributed by atoms with van der Waals surface area (Å²) in [7, 11) is 2.20. The van der Waals surface area contributed by atoms with Gasteiger partial charge in [-0.15, -0.1) is 0 Å². The van der Waals surface area contributed by atoms with Gasteiger partial charge >= 0.3 is 0 Å². The fraction of sp³-hybridized carbons (Fsp3) is 0.433. The van der Waals surface area contributed by atoms with Crippen LogP contribution < -0.4 is 10.2 Å². The molecule has 3 aromatic rings. The van der Waals surface area contributed by atoms with Crippen molar-refractivity contribution >= 4 is 22.3 Å². The van der Waals surface area contributed by atoms with E-state index in [9.17, 15) is 0 Å². The first-order valence-corrected chi connectivity index (χ1v) is 13.4. The highest BCUT2D eigenvalue weighted by molar-refractivity contribution is 5.93. The number of rotatable bonds is 5. The lowest BCUT2D eigenvalue weighted by atomic mass is 10.1. The Morgan fingerprint density at radius 3 is 2.58 bits per heavy atom. The number of anilines is 2. The van der Waals surface area contributed by atoms with Crippen molar-refractivity contribution in [1.82, 2.24) is 20.0 Å². The molecule has 3 fully saturated rings. The van der Waals surface area contributed by atoms with Crippen LogP contribution in [0, 0.1) is 11.8 Å². The summed E-state index contributed by atoms with van der Waals surface area (Å²) in [4.78, 5) is 7.41. The summed E-state index contributed by atoms with van der Waals surface area (Å²) in [5.74, 6) is 6.78. The molecule has 36 heavy (non-hydrogen) atoms. The van der Waals surface area contributed by atoms with Gasteiger partial charge in [-0.2, -0.15) is 5.10 Å². The minimum Gasteiger partial charge on any atom is -0.370 e. The number of piperazine rings is 1. The van der Waals surface area contributed by atoms with Crippen LogP contribution in [0.1, 0.15) is 49.4 Å². The summed E-state index contributed by atoms with van der Waals surface area (Å²) < 4.78 is 0. The minimum absolute atomic E-state index is 0.877. The van der Waals surface area contributed by atoms with Crippen LogP contribution in [0.2, 0.25) is 0 Å².